The van der Waals surface area contributed by atoms with Gasteiger partial charge < -0.3 is 64.3 Å². The molecule has 0 radical (unpaired) electrons. The fourth-order valence-corrected chi connectivity index (χ4v) is 21.7. The molecule has 0 bridgehead atoms. The Hall–Kier alpha value is -6.20. The zero-order valence-electron chi connectivity index (χ0n) is 62.7. The second kappa shape index (κ2) is 35.5. The van der Waals surface area contributed by atoms with Crippen molar-refractivity contribution in [2.75, 3.05) is 26.6 Å². The van der Waals surface area contributed by atoms with Gasteiger partial charge in [-0.2, -0.15) is 0 Å². The number of azide groups is 1. The van der Waals surface area contributed by atoms with E-state index in [2.05, 4.69) is 115 Å². The lowest BCUT2D eigenvalue weighted by atomic mass is 9.80. The maximum atomic E-state index is 15.1. The number of aromatic nitrogens is 4. The van der Waals surface area contributed by atoms with Gasteiger partial charge in [0.15, 0.2) is 36.3 Å². The van der Waals surface area contributed by atoms with E-state index >= 15 is 4.79 Å². The fraction of sp³-hybridized carbons (Fsp3) is 0.652. The number of aliphatic imine (C=N–C) groups is 2. The van der Waals surface area contributed by atoms with Gasteiger partial charge in [0.2, 0.25) is 17.7 Å². The molecule has 4 aromatic rings. The molecule has 4 aromatic heterocycles. The monoisotopic (exact) mass is 1570 g/mol. The Morgan fingerprint density at radius 3 is 1.91 bits per heavy atom. The van der Waals surface area contributed by atoms with Crippen molar-refractivity contribution in [1.29, 1.82) is 0 Å². The summed E-state index contributed by atoms with van der Waals surface area (Å²) in [5, 5.41) is 50.0. The van der Waals surface area contributed by atoms with Crippen LogP contribution >= 0.6 is 57.1 Å². The summed E-state index contributed by atoms with van der Waals surface area (Å²) in [7, 11) is -5.02. The Morgan fingerprint density at radius 1 is 0.738 bits per heavy atom. The molecule has 13 atom stereocenters. The maximum Gasteiger partial charge on any atom is 0.408 e. The zero-order chi connectivity index (χ0) is 77.1. The number of nitrogens with zero attached hydrogens (tertiary/aromatic N) is 9. The standard InChI is InChI=1S/C66H102N14O15S5Si3/c1-23-29-92-62(88)68-35(5)51(82)78-66(61-74-45(34-100-61)60(87)91-18)28-27-40(55-73-44(33-96-55)59(86)90-17)69-49(66)41-30-97-56(70-41)46(36(6)81)75-52(83)42-32-99-58(72-42)50(65(16,89)39(9)95-102(21,22)64(13,14)15)77-53(84)43-31-98-57(71-43)48(38(8)94-103(24-2,25-3)26-4)76-54(85)47(79-80-67)37(7)93-101(19,20)63(10,11)12/h23,30,32-39,43,46-50,81,89H,1,24-29,31H2,2-22H3,(H,68,88)(H,75,83)(H,76,85)(H,77,84)(H,78,82)/t35-,36+,37+,38+,39+,43-,46-,47-,48-,49+,50+,65+,66+/m0/s1. The number of amides is 5. The van der Waals surface area contributed by atoms with Gasteiger partial charge >= 0.3 is 18.0 Å². The summed E-state index contributed by atoms with van der Waals surface area (Å²) in [6, 6.07) is -5.79. The van der Waals surface area contributed by atoms with Crippen LogP contribution in [0.15, 0.2) is 49.3 Å². The first-order chi connectivity index (χ1) is 48.0. The van der Waals surface area contributed by atoms with Crippen molar-refractivity contribution in [2.45, 2.75) is 249 Å². The average Bonchev–Trinajstić information content (AvgIpc) is 1.72. The number of carbonyl (C=O) groups is 7. The maximum absolute atomic E-state index is 15.1. The Bertz CT molecular complexity index is 3790. The smallest absolute Gasteiger partial charge is 0.408 e. The largest absolute Gasteiger partial charge is 0.464 e. The number of hydrogen-bond acceptors (Lipinski definition) is 27. The summed E-state index contributed by atoms with van der Waals surface area (Å²) in [6.45, 7) is 40.0. The third kappa shape index (κ3) is 20.5. The molecule has 568 valence electrons. The molecule has 0 aromatic carbocycles. The highest BCUT2D eigenvalue weighted by atomic mass is 32.2. The lowest BCUT2D eigenvalue weighted by Crippen LogP contribution is -2.56. The minimum absolute atomic E-state index is 0.0335. The van der Waals surface area contributed by atoms with Crippen LogP contribution in [0.1, 0.15) is 192 Å². The predicted octanol–water partition coefficient (Wildman–Crippen LogP) is 11.4. The van der Waals surface area contributed by atoms with Crippen LogP contribution in [0.5, 0.6) is 0 Å². The first-order valence-corrected chi connectivity index (χ1v) is 46.9. The van der Waals surface area contributed by atoms with Crippen LogP contribution in [0.2, 0.25) is 54.4 Å². The Kier molecular flexibility index (Phi) is 29.5. The molecule has 0 aliphatic carbocycles. The highest BCUT2D eigenvalue weighted by Crippen LogP contribution is 2.48. The summed E-state index contributed by atoms with van der Waals surface area (Å²) in [5.41, 5.74) is 6.69. The molecule has 2 aliphatic rings. The highest BCUT2D eigenvalue weighted by Gasteiger charge is 2.52. The van der Waals surface area contributed by atoms with Crippen LogP contribution in [0, 0.1) is 0 Å². The molecule has 6 rings (SSSR count). The summed E-state index contributed by atoms with van der Waals surface area (Å²) < 4.78 is 35.4. The van der Waals surface area contributed by atoms with Crippen molar-refractivity contribution in [2.24, 2.45) is 15.1 Å². The van der Waals surface area contributed by atoms with Crippen LogP contribution in [-0.4, -0.2) is 188 Å². The van der Waals surface area contributed by atoms with Crippen LogP contribution < -0.4 is 26.6 Å². The van der Waals surface area contributed by atoms with E-state index in [1.54, 1.807) is 19.2 Å². The number of methoxy groups -OCH3 is 2. The zero-order valence-corrected chi connectivity index (χ0v) is 69.7. The molecule has 0 spiro atoms. The Balaban J connectivity index is 1.39. The van der Waals surface area contributed by atoms with E-state index in [1.165, 1.54) is 69.0 Å². The lowest BCUT2D eigenvalue weighted by molar-refractivity contribution is -0.128. The third-order valence-electron chi connectivity index (χ3n) is 19.7. The van der Waals surface area contributed by atoms with Crippen molar-refractivity contribution in [1.82, 2.24) is 46.5 Å². The first kappa shape index (κ1) is 85.7. The molecule has 37 heteroatoms. The first-order valence-electron chi connectivity index (χ1n) is 34.1. The Morgan fingerprint density at radius 2 is 1.33 bits per heavy atom. The Labute approximate surface area is 626 Å². The molecule has 0 fully saturated rings. The molecular weight excluding hydrogens is 1470 g/mol. The molecule has 5 amide bonds. The number of ether oxygens (including phenoxy) is 3. The van der Waals surface area contributed by atoms with Crippen LogP contribution in [0.3, 0.4) is 0 Å². The van der Waals surface area contributed by atoms with E-state index in [9.17, 15) is 44.5 Å². The molecular formula is C66H102N14O15S5Si3. The van der Waals surface area contributed by atoms with E-state index in [0.717, 1.165) is 63.5 Å². The molecule has 103 heavy (non-hydrogen) atoms. The summed E-state index contributed by atoms with van der Waals surface area (Å²) in [5.74, 6) is -3.98. The van der Waals surface area contributed by atoms with Crippen molar-refractivity contribution in [3.63, 3.8) is 0 Å². The minimum atomic E-state index is -2.63. The van der Waals surface area contributed by atoms with Gasteiger partial charge in [0, 0.05) is 32.2 Å². The van der Waals surface area contributed by atoms with Gasteiger partial charge in [0.25, 0.3) is 5.91 Å². The molecule has 0 saturated carbocycles. The number of rotatable bonds is 34. The van der Waals surface area contributed by atoms with Crippen LogP contribution in [-0.2, 0) is 47.4 Å². The molecule has 2 aliphatic heterocycles. The summed E-state index contributed by atoms with van der Waals surface area (Å²) in [4.78, 5) is 129. The molecule has 0 saturated heterocycles. The number of hydrogen-bond donors (Lipinski definition) is 7. The normalized spacial score (nSPS) is 19.9. The quantitative estimate of drug-likeness (QED) is 0.00434. The van der Waals surface area contributed by atoms with Crippen LogP contribution in [0.4, 0.5) is 4.79 Å². The van der Waals surface area contributed by atoms with Crippen molar-refractivity contribution in [3.05, 3.63) is 87.4 Å². The lowest BCUT2D eigenvalue weighted by Gasteiger charge is -2.44. The van der Waals surface area contributed by atoms with Gasteiger partial charge in [-0.3, -0.25) is 29.2 Å². The number of thiazole rings is 4. The SMILES string of the molecule is C=CCOC(=O)N[C@@H](C)C(=O)N[C@]1(c2nc(C(=O)OC)cs2)CCC(c2nc(C(=O)OC)cs2)=N[C@@H]1c1csc([C@@H](NC(=O)c2csc([C@@H](NC(=O)[C@@H]3CSC([C@@H](NC(=O)[C@@H](N=[N+]=[N-])[C@@H](C)O[Si](C)(C)C(C)(C)C)[C@@H](C)O[Si](CC)(CC)CC)=N3)[C@](C)(O)[C@@H](C)O[Si](C)(C)C(C)(C)C)n2)[C@@H](C)O)n1. The van der Waals surface area contributed by atoms with E-state index < -0.39 is 144 Å². The van der Waals surface area contributed by atoms with Gasteiger partial charge in [-0.05, 0) is 114 Å². The number of thioether (sulfide) groups is 1. The minimum Gasteiger partial charge on any atom is -0.464 e. The van der Waals surface area contributed by atoms with Gasteiger partial charge in [-0.1, -0.05) is 80.1 Å². The number of aliphatic hydroxyl groups is 2. The van der Waals surface area contributed by atoms with Gasteiger partial charge in [0.1, 0.15) is 85.8 Å². The third-order valence-corrected chi connectivity index (χ3v) is 38.5. The summed E-state index contributed by atoms with van der Waals surface area (Å²) >= 11 is 5.48. The van der Waals surface area contributed by atoms with Crippen molar-refractivity contribution >= 4 is 134 Å². The molecule has 6 heterocycles. The van der Waals surface area contributed by atoms with E-state index in [0.29, 0.717) is 15.8 Å². The fourth-order valence-electron chi connectivity index (χ4n) is 11.0. The average molecular weight is 1580 g/mol. The topological polar surface area (TPSA) is 401 Å². The van der Waals surface area contributed by atoms with Gasteiger partial charge in [0.05, 0.1) is 55.1 Å². The number of nitrogens with one attached hydrogen (secondary N) is 5. The van der Waals surface area contributed by atoms with E-state index in [1.807, 2.05) is 33.1 Å². The number of aliphatic hydroxyl groups excluding tert-OH is 1. The van der Waals surface area contributed by atoms with Crippen molar-refractivity contribution < 1.29 is 71.3 Å². The van der Waals surface area contributed by atoms with Crippen molar-refractivity contribution in [3.8, 4) is 0 Å². The molecule has 29 nitrogen and oxygen atoms in total. The molecule has 0 unspecified atom stereocenters. The molecule has 7 N–H and O–H groups in total. The number of esters is 2. The summed E-state index contributed by atoms with van der Waals surface area (Å²) in [6.07, 6.45) is -3.06. The van der Waals surface area contributed by atoms with E-state index in [4.69, 9.17) is 47.4 Å². The number of carbonyl (C=O) groups excluding carboxylic acids is 7. The number of alkyl carbamates (subject to hydrolysis) is 1. The van der Waals surface area contributed by atoms with E-state index in [-0.39, 0.29) is 73.1 Å². The van der Waals surface area contributed by atoms with Gasteiger partial charge in [-0.15, -0.1) is 57.1 Å². The van der Waals surface area contributed by atoms with Crippen LogP contribution in [0.25, 0.3) is 10.4 Å². The second-order valence-corrected chi connectivity index (χ2v) is 47.7. The predicted molar refractivity (Wildman–Crippen MR) is 409 cm³/mol. The second-order valence-electron chi connectivity index (χ2n) is 28.9. The van der Waals surface area contributed by atoms with Gasteiger partial charge in [-0.25, -0.2) is 34.3 Å². The highest BCUT2D eigenvalue weighted by molar-refractivity contribution is 8.14.